The predicted molar refractivity (Wildman–Crippen MR) is 137 cm³/mol. The van der Waals surface area contributed by atoms with Crippen molar-refractivity contribution in [3.8, 4) is 5.75 Å². The van der Waals surface area contributed by atoms with Crippen LogP contribution >= 0.6 is 11.8 Å². The molecule has 0 heterocycles. The maximum absolute atomic E-state index is 13.3. The van der Waals surface area contributed by atoms with E-state index in [9.17, 15) is 13.2 Å². The number of hydrogen-bond acceptors (Lipinski definition) is 5. The van der Waals surface area contributed by atoms with E-state index in [1.807, 2.05) is 67.8 Å². The van der Waals surface area contributed by atoms with Crippen LogP contribution in [0.15, 0.2) is 82.6 Å². The Morgan fingerprint density at radius 1 is 1.03 bits per heavy atom. The molecule has 0 saturated heterocycles. The van der Waals surface area contributed by atoms with Crippen molar-refractivity contribution in [3.05, 3.63) is 89.5 Å². The van der Waals surface area contributed by atoms with Gasteiger partial charge in [0.15, 0.2) is 0 Å². The number of methoxy groups -OCH3 is 1. The van der Waals surface area contributed by atoms with E-state index >= 15 is 0 Å². The molecule has 0 aromatic heterocycles. The minimum atomic E-state index is -4.04. The topological polar surface area (TPSA) is 84.5 Å². The molecule has 0 radical (unpaired) electrons. The van der Waals surface area contributed by atoms with Crippen LogP contribution in [0.3, 0.4) is 0 Å². The first-order valence-corrected chi connectivity index (χ1v) is 13.6. The van der Waals surface area contributed by atoms with Crippen LogP contribution in [0.4, 0.5) is 0 Å². The van der Waals surface area contributed by atoms with Crippen LogP contribution in [-0.4, -0.2) is 33.7 Å². The van der Waals surface area contributed by atoms with E-state index in [0.29, 0.717) is 0 Å². The number of hydrogen-bond donors (Lipinski definition) is 2. The molecule has 0 aliphatic carbocycles. The number of nitrogens with one attached hydrogen (secondary N) is 2. The van der Waals surface area contributed by atoms with Crippen molar-refractivity contribution in [1.29, 1.82) is 0 Å². The largest absolute Gasteiger partial charge is 0.495 e. The maximum Gasteiger partial charge on any atom is 0.244 e. The number of carbonyl (C=O) groups is 1. The van der Waals surface area contributed by atoms with Crippen LogP contribution in [0.2, 0.25) is 0 Å². The van der Waals surface area contributed by atoms with Crippen LogP contribution in [0, 0.1) is 6.92 Å². The summed E-state index contributed by atoms with van der Waals surface area (Å²) in [5, 5.41) is 2.96. The highest BCUT2D eigenvalue weighted by Gasteiger charge is 2.29. The molecular weight excluding hydrogens is 468 g/mol. The monoisotopic (exact) mass is 498 g/mol. The van der Waals surface area contributed by atoms with Gasteiger partial charge in [-0.15, -0.1) is 11.8 Å². The van der Waals surface area contributed by atoms with Gasteiger partial charge in [0.2, 0.25) is 15.9 Å². The molecule has 3 aromatic carbocycles. The summed E-state index contributed by atoms with van der Waals surface area (Å²) < 4.78 is 34.5. The summed E-state index contributed by atoms with van der Waals surface area (Å²) in [7, 11) is -2.62. The first-order chi connectivity index (χ1) is 16.2. The van der Waals surface area contributed by atoms with Crippen molar-refractivity contribution < 1.29 is 17.9 Å². The van der Waals surface area contributed by atoms with Crippen molar-refractivity contribution in [2.75, 3.05) is 13.4 Å². The van der Waals surface area contributed by atoms with Crippen molar-refractivity contribution in [2.45, 2.75) is 42.1 Å². The molecule has 0 fully saturated rings. The Morgan fingerprint density at radius 2 is 1.71 bits per heavy atom. The molecule has 8 heteroatoms. The molecule has 34 heavy (non-hydrogen) atoms. The van der Waals surface area contributed by atoms with Gasteiger partial charge < -0.3 is 10.1 Å². The smallest absolute Gasteiger partial charge is 0.244 e. The molecule has 6 nitrogen and oxygen atoms in total. The minimum Gasteiger partial charge on any atom is -0.495 e. The Hall–Kier alpha value is -2.81. The third-order valence-corrected chi connectivity index (χ3v) is 7.72. The second kappa shape index (κ2) is 11.6. The lowest BCUT2D eigenvalue weighted by Gasteiger charge is -2.22. The number of aryl methyl sites for hydroxylation is 1. The second-order valence-corrected chi connectivity index (χ2v) is 10.6. The Balaban J connectivity index is 1.87. The van der Waals surface area contributed by atoms with E-state index in [2.05, 4.69) is 10.0 Å². The average Bonchev–Trinajstić information content (AvgIpc) is 2.84. The molecule has 0 bridgehead atoms. The fourth-order valence-corrected chi connectivity index (χ4v) is 5.43. The van der Waals surface area contributed by atoms with Crippen molar-refractivity contribution in [2.24, 2.45) is 0 Å². The van der Waals surface area contributed by atoms with Gasteiger partial charge in [-0.05, 0) is 67.5 Å². The molecule has 1 amide bonds. The predicted octanol–water partition coefficient (Wildman–Crippen LogP) is 4.49. The molecular formula is C26H30N2O4S2. The summed E-state index contributed by atoms with van der Waals surface area (Å²) in [6, 6.07) is 20.9. The Kier molecular flexibility index (Phi) is 8.77. The van der Waals surface area contributed by atoms with Gasteiger partial charge in [-0.3, -0.25) is 4.79 Å². The molecule has 3 rings (SSSR count). The van der Waals surface area contributed by atoms with Gasteiger partial charge in [0.25, 0.3) is 0 Å². The summed E-state index contributed by atoms with van der Waals surface area (Å²) in [6.45, 7) is 3.68. The lowest BCUT2D eigenvalue weighted by atomic mass is 10.0. The van der Waals surface area contributed by atoms with Gasteiger partial charge in [-0.25, -0.2) is 8.42 Å². The van der Waals surface area contributed by atoms with Gasteiger partial charge in [-0.2, -0.15) is 4.72 Å². The summed E-state index contributed by atoms with van der Waals surface area (Å²) in [6.07, 6.45) is 2.21. The fourth-order valence-electron chi connectivity index (χ4n) is 3.57. The van der Waals surface area contributed by atoms with Crippen LogP contribution in [0.5, 0.6) is 5.75 Å². The highest BCUT2D eigenvalue weighted by molar-refractivity contribution is 7.98. The van der Waals surface area contributed by atoms with E-state index in [1.54, 1.807) is 30.8 Å². The Bertz CT molecular complexity index is 1210. The minimum absolute atomic E-state index is 0.00145. The standard InChI is InChI=1S/C26H30N2O4S2/c1-18-10-15-24(32-3)25(16-18)34(30,31)28-23(17-20-8-6-5-7-9-20)26(29)27-19(2)21-11-13-22(33-4)14-12-21/h5-16,19,23,28H,17H2,1-4H3,(H,27,29)/t19-,23-/m0/s1. The quantitative estimate of drug-likeness (QED) is 0.402. The van der Waals surface area contributed by atoms with E-state index in [0.717, 1.165) is 21.6 Å². The lowest BCUT2D eigenvalue weighted by Crippen LogP contribution is -2.48. The Labute approximate surface area is 206 Å². The number of benzene rings is 3. The highest BCUT2D eigenvalue weighted by atomic mass is 32.2. The van der Waals surface area contributed by atoms with E-state index < -0.39 is 22.0 Å². The second-order valence-electron chi connectivity index (χ2n) is 8.02. The SMILES string of the molecule is COc1ccc(C)cc1S(=O)(=O)N[C@@H](Cc1ccccc1)C(=O)N[C@@H](C)c1ccc(SC)cc1. The summed E-state index contributed by atoms with van der Waals surface area (Å²) >= 11 is 1.64. The lowest BCUT2D eigenvalue weighted by molar-refractivity contribution is -0.123. The summed E-state index contributed by atoms with van der Waals surface area (Å²) in [5.41, 5.74) is 2.55. The van der Waals surface area contributed by atoms with E-state index in [4.69, 9.17) is 4.74 Å². The molecule has 2 atom stereocenters. The van der Waals surface area contributed by atoms with Gasteiger partial charge >= 0.3 is 0 Å². The Morgan fingerprint density at radius 3 is 2.32 bits per heavy atom. The normalized spacial score (nSPS) is 13.2. The fraction of sp³-hybridized carbons (Fsp3) is 0.269. The molecule has 0 spiro atoms. The zero-order valence-corrected chi connectivity index (χ0v) is 21.4. The number of sulfonamides is 1. The number of carbonyl (C=O) groups excluding carboxylic acids is 1. The summed E-state index contributed by atoms with van der Waals surface area (Å²) in [5.74, 6) is -0.181. The maximum atomic E-state index is 13.3. The third-order valence-electron chi connectivity index (χ3n) is 5.48. The first kappa shape index (κ1) is 25.8. The van der Waals surface area contributed by atoms with Crippen LogP contribution in [0.25, 0.3) is 0 Å². The van der Waals surface area contributed by atoms with E-state index in [1.165, 1.54) is 13.2 Å². The van der Waals surface area contributed by atoms with Gasteiger partial charge in [0.05, 0.1) is 13.2 Å². The van der Waals surface area contributed by atoms with Gasteiger partial charge in [0, 0.05) is 4.90 Å². The molecule has 0 unspecified atom stereocenters. The molecule has 2 N–H and O–H groups in total. The molecule has 3 aromatic rings. The van der Waals surface area contributed by atoms with Crippen molar-refractivity contribution in [3.63, 3.8) is 0 Å². The van der Waals surface area contributed by atoms with Crippen molar-refractivity contribution >= 4 is 27.7 Å². The summed E-state index contributed by atoms with van der Waals surface area (Å²) in [4.78, 5) is 14.4. The molecule has 180 valence electrons. The van der Waals surface area contributed by atoms with Gasteiger partial charge in [0.1, 0.15) is 16.7 Å². The first-order valence-electron chi connectivity index (χ1n) is 10.9. The number of amides is 1. The van der Waals surface area contributed by atoms with Crippen molar-refractivity contribution in [1.82, 2.24) is 10.0 Å². The van der Waals surface area contributed by atoms with Crippen LogP contribution < -0.4 is 14.8 Å². The van der Waals surface area contributed by atoms with Crippen LogP contribution in [-0.2, 0) is 21.2 Å². The molecule has 0 aliphatic heterocycles. The van der Waals surface area contributed by atoms with Crippen LogP contribution in [0.1, 0.15) is 29.7 Å². The molecule has 0 saturated carbocycles. The zero-order chi connectivity index (χ0) is 24.7. The van der Waals surface area contributed by atoms with E-state index in [-0.39, 0.29) is 23.1 Å². The van der Waals surface area contributed by atoms with Gasteiger partial charge in [-0.1, -0.05) is 48.5 Å². The number of rotatable bonds is 10. The number of thioether (sulfide) groups is 1. The zero-order valence-electron chi connectivity index (χ0n) is 19.7. The third kappa shape index (κ3) is 6.62. The highest BCUT2D eigenvalue weighted by Crippen LogP contribution is 2.25. The number of ether oxygens (including phenoxy) is 1. The molecule has 0 aliphatic rings. The average molecular weight is 499 g/mol.